The molecule has 1 saturated carbocycles. The molecule has 1 saturated heterocycles. The van der Waals surface area contributed by atoms with Crippen molar-refractivity contribution in [3.05, 3.63) is 66.5 Å². The molecular weight excluding hydrogens is 488 g/mol. The van der Waals surface area contributed by atoms with Gasteiger partial charge in [0.2, 0.25) is 5.91 Å². The van der Waals surface area contributed by atoms with Gasteiger partial charge in [0, 0.05) is 43.5 Å². The molecule has 202 valence electrons. The van der Waals surface area contributed by atoms with E-state index in [1.165, 1.54) is 19.2 Å². The summed E-state index contributed by atoms with van der Waals surface area (Å²) in [6, 6.07) is 18.4. The number of nitrogens with one attached hydrogen (secondary N) is 1. The Balaban J connectivity index is 1.19. The predicted molar refractivity (Wildman–Crippen MR) is 154 cm³/mol. The zero-order chi connectivity index (χ0) is 26.8. The van der Waals surface area contributed by atoms with Crippen LogP contribution in [0.5, 0.6) is 0 Å². The summed E-state index contributed by atoms with van der Waals surface area (Å²) >= 11 is 0. The van der Waals surface area contributed by atoms with Crippen LogP contribution in [-0.2, 0) is 11.2 Å². The number of nitrogens with two attached hydrogens (primary N) is 1. The molecule has 3 heterocycles. The molecule has 1 aliphatic carbocycles. The normalized spacial score (nSPS) is 20.7. The molecule has 9 heteroatoms. The van der Waals surface area contributed by atoms with Crippen molar-refractivity contribution in [1.82, 2.24) is 29.5 Å². The standard InChI is InChI=1S/C30H36N8O/c1-36-15-17-37(18-16-36)24-11-13-25(14-12-24)38-30-27(29(31)32-20-33-30)28(35-38)22-7-9-23(10-8-22)34-26(39)19-21-5-3-2-4-6-21/h2-10,20,24-25H,11-19H2,1H3,(H,34,39)(H2,31,32,33)/t24-,25+. The van der Waals surface area contributed by atoms with E-state index in [1.54, 1.807) is 0 Å². The largest absolute Gasteiger partial charge is 0.383 e. The first-order valence-electron chi connectivity index (χ1n) is 13.9. The van der Waals surface area contributed by atoms with Gasteiger partial charge in [-0.1, -0.05) is 42.5 Å². The van der Waals surface area contributed by atoms with Crippen LogP contribution in [0, 0.1) is 0 Å². The minimum atomic E-state index is -0.0477. The van der Waals surface area contributed by atoms with Crippen molar-refractivity contribution in [3.8, 4) is 11.3 Å². The molecule has 2 fully saturated rings. The van der Waals surface area contributed by atoms with Crippen LogP contribution >= 0.6 is 0 Å². The maximum atomic E-state index is 12.5. The topological polar surface area (TPSA) is 105 Å². The number of fused-ring (bicyclic) bond motifs is 1. The van der Waals surface area contributed by atoms with Crippen LogP contribution in [0.25, 0.3) is 22.3 Å². The highest BCUT2D eigenvalue weighted by Gasteiger charge is 2.30. The molecule has 2 aromatic carbocycles. The third kappa shape index (κ3) is 5.51. The van der Waals surface area contributed by atoms with Crippen LogP contribution in [0.1, 0.15) is 37.3 Å². The molecule has 9 nitrogen and oxygen atoms in total. The van der Waals surface area contributed by atoms with E-state index in [4.69, 9.17) is 10.8 Å². The highest BCUT2D eigenvalue weighted by Crippen LogP contribution is 2.37. The van der Waals surface area contributed by atoms with Crippen molar-refractivity contribution in [2.75, 3.05) is 44.3 Å². The molecule has 0 unspecified atom stereocenters. The van der Waals surface area contributed by atoms with Crippen LogP contribution in [0.4, 0.5) is 11.5 Å². The third-order valence-electron chi connectivity index (χ3n) is 8.23. The summed E-state index contributed by atoms with van der Waals surface area (Å²) in [5.74, 6) is 0.390. The van der Waals surface area contributed by atoms with E-state index in [2.05, 4.69) is 36.8 Å². The molecule has 2 aromatic heterocycles. The molecule has 0 bridgehead atoms. The smallest absolute Gasteiger partial charge is 0.228 e. The fourth-order valence-corrected chi connectivity index (χ4v) is 6.00. The second kappa shape index (κ2) is 11.1. The van der Waals surface area contributed by atoms with Gasteiger partial charge in [-0.2, -0.15) is 5.10 Å². The average molecular weight is 525 g/mol. The zero-order valence-electron chi connectivity index (χ0n) is 22.5. The summed E-state index contributed by atoms with van der Waals surface area (Å²) in [5.41, 5.74) is 10.6. The van der Waals surface area contributed by atoms with Crippen molar-refractivity contribution < 1.29 is 4.79 Å². The van der Waals surface area contributed by atoms with Gasteiger partial charge in [0.25, 0.3) is 0 Å². The Bertz CT molecular complexity index is 1420. The lowest BCUT2D eigenvalue weighted by atomic mass is 9.90. The molecule has 3 N–H and O–H groups in total. The van der Waals surface area contributed by atoms with E-state index in [1.807, 2.05) is 54.6 Å². The van der Waals surface area contributed by atoms with Gasteiger partial charge in [-0.3, -0.25) is 9.69 Å². The summed E-state index contributed by atoms with van der Waals surface area (Å²) in [6.07, 6.45) is 6.35. The number of nitrogen functional groups attached to an aromatic ring is 1. The van der Waals surface area contributed by atoms with Crippen molar-refractivity contribution in [3.63, 3.8) is 0 Å². The summed E-state index contributed by atoms with van der Waals surface area (Å²) in [4.78, 5) is 26.5. The number of anilines is 2. The molecule has 0 radical (unpaired) electrons. The van der Waals surface area contributed by atoms with E-state index >= 15 is 0 Å². The maximum Gasteiger partial charge on any atom is 0.228 e. The van der Waals surface area contributed by atoms with E-state index in [0.717, 1.165) is 72.6 Å². The number of aromatic nitrogens is 4. The lowest BCUT2D eigenvalue weighted by molar-refractivity contribution is -0.115. The number of carbonyl (C=O) groups is 1. The molecule has 6 rings (SSSR count). The fourth-order valence-electron chi connectivity index (χ4n) is 6.00. The minimum absolute atomic E-state index is 0.0477. The summed E-state index contributed by atoms with van der Waals surface area (Å²) < 4.78 is 2.08. The number of piperazine rings is 1. The first kappa shape index (κ1) is 25.5. The van der Waals surface area contributed by atoms with E-state index < -0.39 is 0 Å². The minimum Gasteiger partial charge on any atom is -0.383 e. The van der Waals surface area contributed by atoms with E-state index in [-0.39, 0.29) is 11.9 Å². The highest BCUT2D eigenvalue weighted by molar-refractivity contribution is 5.99. The third-order valence-corrected chi connectivity index (χ3v) is 8.23. The zero-order valence-corrected chi connectivity index (χ0v) is 22.5. The molecule has 1 aliphatic heterocycles. The van der Waals surface area contributed by atoms with E-state index in [9.17, 15) is 4.79 Å². The van der Waals surface area contributed by atoms with Crippen LogP contribution < -0.4 is 11.1 Å². The Morgan fingerprint density at radius 2 is 1.62 bits per heavy atom. The highest BCUT2D eigenvalue weighted by atomic mass is 16.1. The van der Waals surface area contributed by atoms with Crippen LogP contribution in [0.3, 0.4) is 0 Å². The van der Waals surface area contributed by atoms with Crippen molar-refractivity contribution in [2.45, 2.75) is 44.2 Å². The van der Waals surface area contributed by atoms with Gasteiger partial charge in [0.15, 0.2) is 5.65 Å². The van der Waals surface area contributed by atoms with Gasteiger partial charge < -0.3 is 16.0 Å². The van der Waals surface area contributed by atoms with Gasteiger partial charge >= 0.3 is 0 Å². The molecule has 0 spiro atoms. The summed E-state index contributed by atoms with van der Waals surface area (Å²) in [7, 11) is 2.21. The Morgan fingerprint density at radius 1 is 0.923 bits per heavy atom. The SMILES string of the molecule is CN1CCN([C@H]2CC[C@@H](n3nc(-c4ccc(NC(=O)Cc5ccccc5)cc4)c4c(N)ncnc43)CC2)CC1. The van der Waals surface area contributed by atoms with Crippen LogP contribution in [0.2, 0.25) is 0 Å². The number of hydrogen-bond acceptors (Lipinski definition) is 7. The molecule has 2 aliphatic rings. The monoisotopic (exact) mass is 524 g/mol. The summed E-state index contributed by atoms with van der Waals surface area (Å²) in [5, 5.41) is 8.84. The van der Waals surface area contributed by atoms with Gasteiger partial charge in [0.1, 0.15) is 17.8 Å². The lowest BCUT2D eigenvalue weighted by Gasteiger charge is -2.41. The Hall–Kier alpha value is -3.82. The number of nitrogens with zero attached hydrogens (tertiary/aromatic N) is 6. The summed E-state index contributed by atoms with van der Waals surface area (Å²) in [6.45, 7) is 4.62. The molecule has 1 amide bonds. The number of hydrogen-bond donors (Lipinski definition) is 2. The molecule has 39 heavy (non-hydrogen) atoms. The second-order valence-electron chi connectivity index (χ2n) is 10.8. The number of benzene rings is 2. The first-order chi connectivity index (χ1) is 19.0. The average Bonchev–Trinajstić information content (AvgIpc) is 3.35. The first-order valence-corrected chi connectivity index (χ1v) is 13.9. The van der Waals surface area contributed by atoms with Crippen LogP contribution in [-0.4, -0.2) is 74.7 Å². The van der Waals surface area contributed by atoms with Gasteiger partial charge in [-0.15, -0.1) is 0 Å². The maximum absolute atomic E-state index is 12.5. The lowest BCUT2D eigenvalue weighted by Crippen LogP contribution is -2.49. The molecule has 0 atom stereocenters. The number of likely N-dealkylation sites (N-methyl/N-ethyl adjacent to an activating group) is 1. The van der Waals surface area contributed by atoms with Crippen molar-refractivity contribution in [2.24, 2.45) is 0 Å². The Morgan fingerprint density at radius 3 is 2.33 bits per heavy atom. The number of amides is 1. The predicted octanol–water partition coefficient (Wildman–Crippen LogP) is 3.99. The second-order valence-corrected chi connectivity index (χ2v) is 10.8. The Kier molecular flexibility index (Phi) is 7.26. The quantitative estimate of drug-likeness (QED) is 0.393. The van der Waals surface area contributed by atoms with Gasteiger partial charge in [0.05, 0.1) is 17.8 Å². The molecular formula is C30H36N8O. The number of rotatable bonds is 6. The van der Waals surface area contributed by atoms with E-state index in [0.29, 0.717) is 18.3 Å². The molecule has 4 aromatic rings. The fraction of sp³-hybridized carbons (Fsp3) is 0.400. The number of carbonyl (C=O) groups excluding carboxylic acids is 1. The van der Waals surface area contributed by atoms with Crippen LogP contribution in [0.15, 0.2) is 60.9 Å². The van der Waals surface area contributed by atoms with Gasteiger partial charge in [-0.05, 0) is 50.4 Å². The van der Waals surface area contributed by atoms with Crippen molar-refractivity contribution >= 4 is 28.4 Å². The Labute approximate surface area is 229 Å². The van der Waals surface area contributed by atoms with Gasteiger partial charge in [-0.25, -0.2) is 14.6 Å². The van der Waals surface area contributed by atoms with Crippen molar-refractivity contribution in [1.29, 1.82) is 0 Å².